The molecule has 0 amide bonds. The molecule has 13 heavy (non-hydrogen) atoms. The van der Waals surface area contributed by atoms with Crippen molar-refractivity contribution in [2.45, 2.75) is 27.7 Å². The maximum absolute atomic E-state index is 3.90. The van der Waals surface area contributed by atoms with Crippen LogP contribution in [0.5, 0.6) is 0 Å². The van der Waals surface area contributed by atoms with Crippen molar-refractivity contribution in [3.63, 3.8) is 0 Å². The first-order valence-corrected chi connectivity index (χ1v) is 4.32. The molecular weight excluding hydrogens is 160 g/mol. The lowest BCUT2D eigenvalue weighted by molar-refractivity contribution is 0.892. The maximum atomic E-state index is 3.90. The van der Waals surface area contributed by atoms with E-state index >= 15 is 0 Å². The van der Waals surface area contributed by atoms with Crippen molar-refractivity contribution in [1.29, 1.82) is 0 Å². The second-order valence-electron chi connectivity index (χ2n) is 2.98. The quantitative estimate of drug-likeness (QED) is 0.399. The Kier molecular flexibility index (Phi) is 5.60. The fourth-order valence-corrected chi connectivity index (χ4v) is 0.596. The molecule has 0 saturated heterocycles. The predicted molar refractivity (Wildman–Crippen MR) is 59.6 cm³/mol. The minimum Gasteiger partial charge on any atom is -0.283 e. The molecule has 2 heteroatoms. The van der Waals surface area contributed by atoms with Gasteiger partial charge in [-0.2, -0.15) is 5.10 Å². The molecule has 0 aromatic heterocycles. The second-order valence-corrected chi connectivity index (χ2v) is 2.98. The van der Waals surface area contributed by atoms with Gasteiger partial charge in [0.2, 0.25) is 0 Å². The topological polar surface area (TPSA) is 24.4 Å². The van der Waals surface area contributed by atoms with Crippen molar-refractivity contribution in [3.05, 3.63) is 35.6 Å². The normalized spacial score (nSPS) is 13.5. The van der Waals surface area contributed by atoms with Gasteiger partial charge in [-0.1, -0.05) is 18.2 Å². The highest BCUT2D eigenvalue weighted by atomic mass is 15.3. The van der Waals surface area contributed by atoms with Crippen molar-refractivity contribution in [2.75, 3.05) is 0 Å². The molecule has 0 aliphatic rings. The van der Waals surface area contributed by atoms with Crippen LogP contribution >= 0.6 is 0 Å². The van der Waals surface area contributed by atoms with Crippen LogP contribution in [-0.2, 0) is 0 Å². The van der Waals surface area contributed by atoms with Crippen molar-refractivity contribution >= 4 is 6.21 Å². The van der Waals surface area contributed by atoms with E-state index in [1.165, 1.54) is 5.57 Å². The first-order valence-electron chi connectivity index (χ1n) is 4.32. The second kappa shape index (κ2) is 6.23. The lowest BCUT2D eigenvalue weighted by Crippen LogP contribution is -2.00. The Balaban J connectivity index is 4.24. The van der Waals surface area contributed by atoms with Gasteiger partial charge in [-0.25, -0.2) is 0 Å². The molecule has 0 atom stereocenters. The lowest BCUT2D eigenvalue weighted by atomic mass is 10.1. The Hall–Kier alpha value is -1.31. The standard InChI is InChI=1S/C11H18N2/c1-6-12-13-11(5)8-7-10(4)9(2)3/h6-8,13H,2H2,1,3-5H3/b10-7-,11-8+,12-6-. The number of hydrazone groups is 1. The largest absolute Gasteiger partial charge is 0.283 e. The molecule has 0 saturated carbocycles. The molecule has 0 aromatic rings. The number of nitrogens with one attached hydrogen (secondary N) is 1. The fourth-order valence-electron chi connectivity index (χ4n) is 0.596. The van der Waals surface area contributed by atoms with E-state index in [2.05, 4.69) is 17.1 Å². The van der Waals surface area contributed by atoms with Gasteiger partial charge in [-0.3, -0.25) is 5.43 Å². The van der Waals surface area contributed by atoms with Crippen LogP contribution in [0.2, 0.25) is 0 Å². The van der Waals surface area contributed by atoms with Crippen LogP contribution in [-0.4, -0.2) is 6.21 Å². The van der Waals surface area contributed by atoms with E-state index in [0.717, 1.165) is 11.3 Å². The van der Waals surface area contributed by atoms with Crippen LogP contribution in [0, 0.1) is 0 Å². The molecule has 1 N–H and O–H groups in total. The molecule has 0 rings (SSSR count). The first-order chi connectivity index (χ1) is 6.07. The van der Waals surface area contributed by atoms with E-state index in [0.29, 0.717) is 0 Å². The van der Waals surface area contributed by atoms with Gasteiger partial charge >= 0.3 is 0 Å². The summed E-state index contributed by atoms with van der Waals surface area (Å²) >= 11 is 0. The van der Waals surface area contributed by atoms with Crippen LogP contribution in [0.4, 0.5) is 0 Å². The molecule has 0 spiro atoms. The van der Waals surface area contributed by atoms with Gasteiger partial charge < -0.3 is 0 Å². The Labute approximate surface area is 80.7 Å². The van der Waals surface area contributed by atoms with Gasteiger partial charge in [0.25, 0.3) is 0 Å². The van der Waals surface area contributed by atoms with E-state index in [1.807, 2.05) is 39.8 Å². The van der Waals surface area contributed by atoms with E-state index < -0.39 is 0 Å². The molecule has 0 radical (unpaired) electrons. The van der Waals surface area contributed by atoms with Crippen molar-refractivity contribution < 1.29 is 0 Å². The molecule has 0 fully saturated rings. The molecule has 0 aromatic carbocycles. The van der Waals surface area contributed by atoms with Gasteiger partial charge in [-0.05, 0) is 39.3 Å². The highest BCUT2D eigenvalue weighted by Gasteiger charge is 1.86. The number of rotatable bonds is 4. The molecule has 72 valence electrons. The number of nitrogens with zero attached hydrogens (tertiary/aromatic N) is 1. The summed E-state index contributed by atoms with van der Waals surface area (Å²) in [5.74, 6) is 0. The van der Waals surface area contributed by atoms with Crippen LogP contribution in [0.25, 0.3) is 0 Å². The summed E-state index contributed by atoms with van der Waals surface area (Å²) in [6.07, 6.45) is 5.72. The molecule has 0 bridgehead atoms. The fraction of sp³-hybridized carbons (Fsp3) is 0.364. The Bertz CT molecular complexity index is 257. The Morgan fingerprint density at radius 2 is 1.85 bits per heavy atom. The van der Waals surface area contributed by atoms with Crippen molar-refractivity contribution in [1.82, 2.24) is 5.43 Å². The van der Waals surface area contributed by atoms with Crippen LogP contribution in [0.1, 0.15) is 27.7 Å². The zero-order chi connectivity index (χ0) is 10.3. The first kappa shape index (κ1) is 11.7. The molecule has 0 unspecified atom stereocenters. The predicted octanol–water partition coefficient (Wildman–Crippen LogP) is 3.01. The van der Waals surface area contributed by atoms with Gasteiger partial charge in [-0.15, -0.1) is 0 Å². The highest BCUT2D eigenvalue weighted by Crippen LogP contribution is 2.05. The summed E-state index contributed by atoms with van der Waals surface area (Å²) in [4.78, 5) is 0. The molecule has 2 nitrogen and oxygen atoms in total. The van der Waals surface area contributed by atoms with Gasteiger partial charge in [0.1, 0.15) is 0 Å². The smallest absolute Gasteiger partial charge is 0.0304 e. The van der Waals surface area contributed by atoms with Crippen molar-refractivity contribution in [3.8, 4) is 0 Å². The van der Waals surface area contributed by atoms with Gasteiger partial charge in [0.05, 0.1) is 0 Å². The summed E-state index contributed by atoms with van der Waals surface area (Å²) in [6.45, 7) is 11.7. The third kappa shape index (κ3) is 5.91. The van der Waals surface area contributed by atoms with Crippen molar-refractivity contribution in [2.24, 2.45) is 5.10 Å². The number of hydrogen-bond acceptors (Lipinski definition) is 2. The summed E-state index contributed by atoms with van der Waals surface area (Å²) in [5.41, 5.74) is 6.16. The lowest BCUT2D eigenvalue weighted by Gasteiger charge is -1.98. The third-order valence-electron chi connectivity index (χ3n) is 1.63. The summed E-state index contributed by atoms with van der Waals surface area (Å²) in [6, 6.07) is 0. The van der Waals surface area contributed by atoms with E-state index in [-0.39, 0.29) is 0 Å². The molecule has 0 heterocycles. The maximum Gasteiger partial charge on any atom is 0.0304 e. The van der Waals surface area contributed by atoms with Gasteiger partial charge in [0.15, 0.2) is 0 Å². The Morgan fingerprint density at radius 1 is 1.23 bits per heavy atom. The minimum absolute atomic E-state index is 1.01. The van der Waals surface area contributed by atoms with E-state index in [1.54, 1.807) is 6.21 Å². The van der Waals surface area contributed by atoms with E-state index in [9.17, 15) is 0 Å². The van der Waals surface area contributed by atoms with Crippen LogP contribution in [0.15, 0.2) is 40.7 Å². The summed E-state index contributed by atoms with van der Waals surface area (Å²) in [5, 5.41) is 3.90. The SMILES string of the molecule is C=C(C)/C(C)=C\C=C(/C)N/N=C\C. The zero-order valence-corrected chi connectivity index (χ0v) is 8.89. The highest BCUT2D eigenvalue weighted by molar-refractivity contribution is 5.52. The van der Waals surface area contributed by atoms with Crippen LogP contribution < -0.4 is 5.43 Å². The summed E-state index contributed by atoms with van der Waals surface area (Å²) < 4.78 is 0. The van der Waals surface area contributed by atoms with Gasteiger partial charge in [0, 0.05) is 11.9 Å². The number of hydrogen-bond donors (Lipinski definition) is 1. The Morgan fingerprint density at radius 3 is 2.31 bits per heavy atom. The van der Waals surface area contributed by atoms with E-state index in [4.69, 9.17) is 0 Å². The monoisotopic (exact) mass is 178 g/mol. The average molecular weight is 178 g/mol. The molecule has 0 aliphatic carbocycles. The zero-order valence-electron chi connectivity index (χ0n) is 8.89. The average Bonchev–Trinajstić information content (AvgIpc) is 2.10. The number of allylic oxidation sites excluding steroid dienone is 5. The summed E-state index contributed by atoms with van der Waals surface area (Å²) in [7, 11) is 0. The van der Waals surface area contributed by atoms with Crippen LogP contribution in [0.3, 0.4) is 0 Å². The third-order valence-corrected chi connectivity index (χ3v) is 1.63. The molecular formula is C11H18N2. The molecule has 0 aliphatic heterocycles. The minimum atomic E-state index is 1.01.